The number of cyclic esters (lactones) is 2. The van der Waals surface area contributed by atoms with E-state index in [4.69, 9.17) is 25.8 Å². The lowest BCUT2D eigenvalue weighted by Crippen LogP contribution is -2.15. The minimum atomic E-state index is -0.643. The van der Waals surface area contributed by atoms with Gasteiger partial charge in [0.15, 0.2) is 23.0 Å². The summed E-state index contributed by atoms with van der Waals surface area (Å²) in [5, 5.41) is 0.532. The van der Waals surface area contributed by atoms with Crippen LogP contribution in [0.4, 0.5) is 17.1 Å². The van der Waals surface area contributed by atoms with Crippen LogP contribution < -0.4 is 9.64 Å². The predicted molar refractivity (Wildman–Crippen MR) is 139 cm³/mol. The highest BCUT2D eigenvalue weighted by Gasteiger charge is 2.45. The number of hydrogen-bond donors (Lipinski definition) is 0. The lowest BCUT2D eigenvalue weighted by Gasteiger charge is -2.33. The molecule has 0 aliphatic carbocycles. The molecule has 3 aliphatic heterocycles. The van der Waals surface area contributed by atoms with Gasteiger partial charge in [-0.3, -0.25) is 0 Å². The van der Waals surface area contributed by atoms with Crippen molar-refractivity contribution in [2.75, 3.05) is 4.90 Å². The molecule has 178 valence electrons. The summed E-state index contributed by atoms with van der Waals surface area (Å²) in [7, 11) is 0. The molecule has 0 saturated heterocycles. The van der Waals surface area contributed by atoms with E-state index in [0.29, 0.717) is 27.6 Å². The second-order valence-corrected chi connectivity index (χ2v) is 9.05. The number of carbonyl (C=O) groups excluding carboxylic acids is 2. The van der Waals surface area contributed by atoms with Gasteiger partial charge in [0.1, 0.15) is 11.1 Å². The molecule has 0 saturated carbocycles. The largest absolute Gasteiger partial charge is 0.453 e. The smallest absolute Gasteiger partial charge is 0.348 e. The molecule has 0 bridgehead atoms. The average Bonchev–Trinajstić information content (AvgIpc) is 3.45. The molecule has 0 aromatic heterocycles. The minimum absolute atomic E-state index is 0.103. The van der Waals surface area contributed by atoms with Gasteiger partial charge in [0.2, 0.25) is 0 Å². The lowest BCUT2D eigenvalue weighted by molar-refractivity contribution is -0.131. The van der Waals surface area contributed by atoms with Crippen molar-refractivity contribution in [1.82, 2.24) is 0 Å². The second kappa shape index (κ2) is 8.11. The Kier molecular flexibility index (Phi) is 4.71. The van der Waals surface area contributed by atoms with Gasteiger partial charge in [0.05, 0.1) is 11.4 Å². The first-order chi connectivity index (χ1) is 18.1. The summed E-state index contributed by atoms with van der Waals surface area (Å²) in [6.45, 7) is 0. The Hall–Kier alpha value is -4.81. The molecule has 0 spiro atoms. The third-order valence-corrected chi connectivity index (χ3v) is 6.66. The minimum Gasteiger partial charge on any atom is -0.453 e. The van der Waals surface area contributed by atoms with Gasteiger partial charge < -0.3 is 19.1 Å². The molecule has 3 aliphatic rings. The van der Waals surface area contributed by atoms with Gasteiger partial charge in [-0.2, -0.15) is 0 Å². The number of para-hydroxylation sites is 3. The monoisotopic (exact) mass is 505 g/mol. The summed E-state index contributed by atoms with van der Waals surface area (Å²) < 4.78 is 17.4. The van der Waals surface area contributed by atoms with Crippen molar-refractivity contribution in [3.8, 4) is 11.5 Å². The van der Waals surface area contributed by atoms with E-state index in [0.717, 1.165) is 17.1 Å². The molecule has 37 heavy (non-hydrogen) atoms. The SMILES string of the molecule is O=C1OC(c2ccc3c(c2)Oc2ccccc2N3c2ccccc2)=C2C(=O)OC(c3ccc(Cl)cc3)=C12. The number of fused-ring (bicyclic) bond motifs is 3. The molecule has 0 fully saturated rings. The van der Waals surface area contributed by atoms with Crippen LogP contribution in [0.3, 0.4) is 0 Å². The van der Waals surface area contributed by atoms with Crippen LogP contribution in [-0.4, -0.2) is 11.9 Å². The summed E-state index contributed by atoms with van der Waals surface area (Å²) >= 11 is 5.99. The van der Waals surface area contributed by atoms with E-state index in [1.165, 1.54) is 0 Å². The van der Waals surface area contributed by atoms with Crippen LogP contribution in [-0.2, 0) is 19.1 Å². The highest BCUT2D eigenvalue weighted by molar-refractivity contribution is 6.30. The van der Waals surface area contributed by atoms with E-state index >= 15 is 0 Å². The number of nitrogens with zero attached hydrogens (tertiary/aromatic N) is 1. The van der Waals surface area contributed by atoms with Gasteiger partial charge >= 0.3 is 11.9 Å². The summed E-state index contributed by atoms with van der Waals surface area (Å²) in [5.41, 5.74) is 3.99. The van der Waals surface area contributed by atoms with E-state index in [2.05, 4.69) is 4.90 Å². The Morgan fingerprint density at radius 1 is 0.568 bits per heavy atom. The van der Waals surface area contributed by atoms with E-state index in [-0.39, 0.29) is 22.7 Å². The van der Waals surface area contributed by atoms with Gasteiger partial charge in [-0.05, 0) is 66.7 Å². The molecule has 0 unspecified atom stereocenters. The molecule has 6 nitrogen and oxygen atoms in total. The fourth-order valence-electron chi connectivity index (χ4n) is 4.77. The first-order valence-electron chi connectivity index (χ1n) is 11.5. The molecule has 0 amide bonds. The number of carbonyl (C=O) groups is 2. The Labute approximate surface area is 216 Å². The van der Waals surface area contributed by atoms with Crippen molar-refractivity contribution in [2.45, 2.75) is 0 Å². The zero-order valence-corrected chi connectivity index (χ0v) is 19.9. The quantitative estimate of drug-likeness (QED) is 0.242. The van der Waals surface area contributed by atoms with Crippen LogP contribution >= 0.6 is 11.6 Å². The summed E-state index contributed by atoms with van der Waals surface area (Å²) in [5.74, 6) is 0.265. The Bertz CT molecular complexity index is 1690. The van der Waals surface area contributed by atoms with Crippen molar-refractivity contribution < 1.29 is 23.8 Å². The van der Waals surface area contributed by atoms with Crippen molar-refractivity contribution >= 4 is 52.1 Å². The maximum absolute atomic E-state index is 12.9. The molecule has 3 heterocycles. The molecule has 0 N–H and O–H groups in total. The standard InChI is InChI=1S/C30H16ClNO5/c31-19-13-10-17(11-14-19)27-25-26(30(34)36-27)28(37-29(25)33)18-12-15-22-24(16-18)35-23-9-5-4-8-21(23)32(22)20-6-2-1-3-7-20/h1-16H. The third-order valence-electron chi connectivity index (χ3n) is 6.41. The summed E-state index contributed by atoms with van der Waals surface area (Å²) in [6.07, 6.45) is 0. The predicted octanol–water partition coefficient (Wildman–Crippen LogP) is 7.15. The Morgan fingerprint density at radius 3 is 1.89 bits per heavy atom. The average molecular weight is 506 g/mol. The Morgan fingerprint density at radius 2 is 1.16 bits per heavy atom. The lowest BCUT2D eigenvalue weighted by atomic mass is 10.0. The van der Waals surface area contributed by atoms with Gasteiger partial charge in [-0.25, -0.2) is 9.59 Å². The maximum Gasteiger partial charge on any atom is 0.348 e. The van der Waals surface area contributed by atoms with E-state index in [9.17, 15) is 9.59 Å². The number of esters is 2. The van der Waals surface area contributed by atoms with Gasteiger partial charge in [0, 0.05) is 21.8 Å². The molecular weight excluding hydrogens is 490 g/mol. The number of benzene rings is 4. The highest BCUT2D eigenvalue weighted by Crippen LogP contribution is 2.52. The number of anilines is 3. The number of halogens is 1. The van der Waals surface area contributed by atoms with Crippen LogP contribution in [0.15, 0.2) is 108 Å². The molecule has 0 radical (unpaired) electrons. The van der Waals surface area contributed by atoms with Crippen LogP contribution in [0.2, 0.25) is 5.02 Å². The number of rotatable bonds is 3. The van der Waals surface area contributed by atoms with Crippen LogP contribution in [0.5, 0.6) is 11.5 Å². The Balaban J connectivity index is 1.36. The van der Waals surface area contributed by atoms with Crippen LogP contribution in [0.1, 0.15) is 11.1 Å². The van der Waals surface area contributed by atoms with Crippen LogP contribution in [0, 0.1) is 0 Å². The third kappa shape index (κ3) is 3.34. The zero-order valence-electron chi connectivity index (χ0n) is 19.1. The van der Waals surface area contributed by atoms with Gasteiger partial charge in [0.25, 0.3) is 0 Å². The normalized spacial score (nSPS) is 15.6. The van der Waals surface area contributed by atoms with Crippen LogP contribution in [0.25, 0.3) is 11.5 Å². The highest BCUT2D eigenvalue weighted by atomic mass is 35.5. The summed E-state index contributed by atoms with van der Waals surface area (Å²) in [6, 6.07) is 29.9. The van der Waals surface area contributed by atoms with Crippen molar-refractivity contribution in [1.29, 1.82) is 0 Å². The maximum atomic E-state index is 12.9. The molecule has 4 aromatic carbocycles. The second-order valence-electron chi connectivity index (χ2n) is 8.62. The van der Waals surface area contributed by atoms with Crippen molar-refractivity contribution in [2.24, 2.45) is 0 Å². The fourth-order valence-corrected chi connectivity index (χ4v) is 4.89. The zero-order chi connectivity index (χ0) is 25.1. The molecule has 7 heteroatoms. The van der Waals surface area contributed by atoms with E-state index < -0.39 is 11.9 Å². The van der Waals surface area contributed by atoms with E-state index in [1.807, 2.05) is 60.7 Å². The molecule has 0 atom stereocenters. The number of ether oxygens (including phenoxy) is 3. The van der Waals surface area contributed by atoms with E-state index in [1.54, 1.807) is 36.4 Å². The fraction of sp³-hybridized carbons (Fsp3) is 0. The molecule has 7 rings (SSSR count). The molecular formula is C30H16ClNO5. The number of hydrogen-bond acceptors (Lipinski definition) is 6. The van der Waals surface area contributed by atoms with Gasteiger partial charge in [-0.1, -0.05) is 41.9 Å². The molecule has 4 aromatic rings. The summed E-state index contributed by atoms with van der Waals surface area (Å²) in [4.78, 5) is 27.9. The topological polar surface area (TPSA) is 65.1 Å². The van der Waals surface area contributed by atoms with Crippen molar-refractivity contribution in [3.05, 3.63) is 124 Å². The first-order valence-corrected chi connectivity index (χ1v) is 11.9. The van der Waals surface area contributed by atoms with Crippen molar-refractivity contribution in [3.63, 3.8) is 0 Å². The first kappa shape index (κ1) is 21.5. The van der Waals surface area contributed by atoms with Gasteiger partial charge in [-0.15, -0.1) is 0 Å².